The quantitative estimate of drug-likeness (QED) is 0.431. The van der Waals surface area contributed by atoms with E-state index < -0.39 is 5.82 Å². The van der Waals surface area contributed by atoms with Gasteiger partial charge in [-0.25, -0.2) is 9.37 Å². The van der Waals surface area contributed by atoms with E-state index in [2.05, 4.69) is 11.9 Å². The molecule has 0 radical (unpaired) electrons. The van der Waals surface area contributed by atoms with Crippen molar-refractivity contribution in [3.05, 3.63) is 28.3 Å². The number of aromatic nitrogens is 1. The minimum Gasteiger partial charge on any atom is -0.221 e. The zero-order valence-electron chi connectivity index (χ0n) is 8.44. The number of alkyl halides is 1. The highest BCUT2D eigenvalue weighted by atomic mass is 35.5. The zero-order valence-corrected chi connectivity index (χ0v) is 10.7. The lowest BCUT2D eigenvalue weighted by Gasteiger charge is -1.90. The van der Waals surface area contributed by atoms with Gasteiger partial charge < -0.3 is 0 Å². The van der Waals surface area contributed by atoms with Gasteiger partial charge in [-0.15, -0.1) is 11.6 Å². The molecule has 0 unspecified atom stereocenters. The van der Waals surface area contributed by atoms with E-state index in [9.17, 15) is 4.39 Å². The molecule has 15 heavy (non-hydrogen) atoms. The van der Waals surface area contributed by atoms with E-state index >= 15 is 0 Å². The van der Waals surface area contributed by atoms with Crippen LogP contribution < -0.4 is 0 Å². The summed E-state index contributed by atoms with van der Waals surface area (Å²) in [5.74, 6) is 0.273. The number of hydrogen-bond donors (Lipinski definition) is 0. The van der Waals surface area contributed by atoms with Gasteiger partial charge in [0.25, 0.3) is 0 Å². The van der Waals surface area contributed by atoms with Gasteiger partial charge in [-0.05, 0) is 18.6 Å². The van der Waals surface area contributed by atoms with E-state index in [0.29, 0.717) is 0 Å². The molecule has 0 aromatic carbocycles. The van der Waals surface area contributed by atoms with Crippen LogP contribution in [0.1, 0.15) is 26.2 Å². The predicted molar refractivity (Wildman–Crippen MR) is 64.5 cm³/mol. The molecule has 1 heterocycles. The summed E-state index contributed by atoms with van der Waals surface area (Å²) in [6.45, 7) is 2.17. The summed E-state index contributed by atoms with van der Waals surface area (Å²) in [6.07, 6.45) is 3.73. The van der Waals surface area contributed by atoms with Gasteiger partial charge in [0.05, 0.1) is 0 Å². The Hall–Kier alpha value is -0.0500. The maximum atomic E-state index is 12.2. The molecule has 1 nitrogen and oxygen atoms in total. The summed E-state index contributed by atoms with van der Waals surface area (Å²) in [4.78, 5) is 3.43. The van der Waals surface area contributed by atoms with Crippen molar-refractivity contribution >= 4 is 34.8 Å². The predicted octanol–water partition coefficient (Wildman–Crippen LogP) is 4.94. The minimum absolute atomic E-state index is 0.192. The second-order valence-corrected chi connectivity index (χ2v) is 3.93. The Labute approximate surface area is 105 Å². The second-order valence-electron chi connectivity index (χ2n) is 2.80. The fraction of sp³-hybridized carbons (Fsp3) is 0.500. The topological polar surface area (TPSA) is 12.9 Å². The Balaban J connectivity index is 0.000000288. The highest BCUT2D eigenvalue weighted by molar-refractivity contribution is 6.32. The van der Waals surface area contributed by atoms with Crippen molar-refractivity contribution in [3.63, 3.8) is 0 Å². The summed E-state index contributed by atoms with van der Waals surface area (Å²) in [7, 11) is 0. The van der Waals surface area contributed by atoms with Crippen LogP contribution >= 0.6 is 34.8 Å². The molecule has 0 aliphatic carbocycles. The first-order valence-corrected chi connectivity index (χ1v) is 5.94. The summed E-state index contributed by atoms with van der Waals surface area (Å²) < 4.78 is 12.2. The van der Waals surface area contributed by atoms with E-state index in [0.717, 1.165) is 11.9 Å². The zero-order chi connectivity index (χ0) is 11.7. The molecule has 5 heteroatoms. The molecule has 0 amide bonds. The SMILES string of the molecule is CCCCCCl.Fc1ccc(Cl)nc1Cl. The molecule has 86 valence electrons. The van der Waals surface area contributed by atoms with E-state index in [4.69, 9.17) is 34.8 Å². The van der Waals surface area contributed by atoms with Crippen LogP contribution in [0.2, 0.25) is 10.3 Å². The Kier molecular flexibility index (Phi) is 9.17. The normalized spacial score (nSPS) is 9.40. The molecule has 1 rings (SSSR count). The fourth-order valence-electron chi connectivity index (χ4n) is 0.740. The van der Waals surface area contributed by atoms with Gasteiger partial charge in [0.2, 0.25) is 0 Å². The van der Waals surface area contributed by atoms with Crippen molar-refractivity contribution in [1.82, 2.24) is 4.98 Å². The van der Waals surface area contributed by atoms with E-state index in [-0.39, 0.29) is 10.3 Å². The second kappa shape index (κ2) is 9.20. The maximum Gasteiger partial charge on any atom is 0.166 e. The van der Waals surface area contributed by atoms with Crippen LogP contribution in [0.4, 0.5) is 4.39 Å². The molecule has 0 aliphatic heterocycles. The molecule has 0 fully saturated rings. The highest BCUT2D eigenvalue weighted by Crippen LogP contribution is 2.13. The molecule has 1 aromatic rings. The van der Waals surface area contributed by atoms with Gasteiger partial charge >= 0.3 is 0 Å². The van der Waals surface area contributed by atoms with Crippen LogP contribution in [0.15, 0.2) is 12.1 Å². The molecule has 0 aliphatic rings. The first kappa shape index (κ1) is 14.9. The van der Waals surface area contributed by atoms with E-state index in [1.54, 1.807) is 0 Å². The van der Waals surface area contributed by atoms with Gasteiger partial charge in [-0.2, -0.15) is 0 Å². The summed E-state index contributed by atoms with van der Waals surface area (Å²) in [5.41, 5.74) is 0. The van der Waals surface area contributed by atoms with Crippen molar-refractivity contribution in [3.8, 4) is 0 Å². The van der Waals surface area contributed by atoms with Crippen LogP contribution in [-0.2, 0) is 0 Å². The van der Waals surface area contributed by atoms with Crippen LogP contribution in [0.3, 0.4) is 0 Å². The minimum atomic E-state index is -0.555. The monoisotopic (exact) mass is 271 g/mol. The average molecular weight is 273 g/mol. The molecule has 1 aromatic heterocycles. The molecule has 0 bridgehead atoms. The molecule has 0 spiro atoms. The summed E-state index contributed by atoms with van der Waals surface area (Å²) >= 11 is 16.0. The van der Waals surface area contributed by atoms with E-state index in [1.165, 1.54) is 25.3 Å². The fourth-order valence-corrected chi connectivity index (χ4v) is 1.27. The van der Waals surface area contributed by atoms with Gasteiger partial charge in [0, 0.05) is 5.88 Å². The number of halogens is 4. The third kappa shape index (κ3) is 7.83. The van der Waals surface area contributed by atoms with E-state index in [1.807, 2.05) is 0 Å². The number of hydrogen-bond acceptors (Lipinski definition) is 1. The number of pyridine rings is 1. The lowest BCUT2D eigenvalue weighted by molar-refractivity contribution is 0.622. The molecule has 0 atom stereocenters. The largest absolute Gasteiger partial charge is 0.221 e. The molecular weight excluding hydrogens is 259 g/mol. The van der Waals surface area contributed by atoms with Crippen LogP contribution in [0, 0.1) is 5.82 Å². The van der Waals surface area contributed by atoms with Gasteiger partial charge in [-0.3, -0.25) is 0 Å². The molecule has 0 N–H and O–H groups in total. The maximum absolute atomic E-state index is 12.2. The number of rotatable bonds is 3. The smallest absolute Gasteiger partial charge is 0.166 e. The lowest BCUT2D eigenvalue weighted by Crippen LogP contribution is -1.80. The Bertz CT molecular complexity index is 277. The lowest BCUT2D eigenvalue weighted by atomic mass is 10.3. The summed E-state index contributed by atoms with van der Waals surface area (Å²) in [6, 6.07) is 2.50. The number of unbranched alkanes of at least 4 members (excludes halogenated alkanes) is 2. The molecule has 0 saturated carbocycles. The third-order valence-electron chi connectivity index (χ3n) is 1.51. The summed E-state index contributed by atoms with van der Waals surface area (Å²) in [5, 5.41) is 0.00361. The Morgan fingerprint density at radius 2 is 1.93 bits per heavy atom. The van der Waals surface area contributed by atoms with Crippen LogP contribution in [0.25, 0.3) is 0 Å². The third-order valence-corrected chi connectivity index (χ3v) is 2.25. The first-order chi connectivity index (χ1) is 7.11. The van der Waals surface area contributed by atoms with Crippen molar-refractivity contribution in [1.29, 1.82) is 0 Å². The van der Waals surface area contributed by atoms with Crippen molar-refractivity contribution < 1.29 is 4.39 Å². The van der Waals surface area contributed by atoms with Gasteiger partial charge in [0.15, 0.2) is 11.0 Å². The van der Waals surface area contributed by atoms with Crippen molar-refractivity contribution in [2.75, 3.05) is 5.88 Å². The highest BCUT2D eigenvalue weighted by Gasteiger charge is 1.98. The van der Waals surface area contributed by atoms with Gasteiger partial charge in [0.1, 0.15) is 5.15 Å². The van der Waals surface area contributed by atoms with Crippen molar-refractivity contribution in [2.24, 2.45) is 0 Å². The Morgan fingerprint density at radius 1 is 1.27 bits per heavy atom. The standard InChI is InChI=1S/C5H2Cl2FN.C5H11Cl/c6-4-2-1-3(8)5(7)9-4;1-2-3-4-5-6/h1-2H;2-5H2,1H3. The average Bonchev–Trinajstić information content (AvgIpc) is 2.22. The molecular formula is C10H13Cl3FN. The Morgan fingerprint density at radius 3 is 2.27 bits per heavy atom. The number of nitrogens with zero attached hydrogens (tertiary/aromatic N) is 1. The van der Waals surface area contributed by atoms with Crippen molar-refractivity contribution in [2.45, 2.75) is 26.2 Å². The first-order valence-electron chi connectivity index (χ1n) is 4.65. The van der Waals surface area contributed by atoms with Crippen LogP contribution in [-0.4, -0.2) is 10.9 Å². The molecule has 0 saturated heterocycles. The van der Waals surface area contributed by atoms with Gasteiger partial charge in [-0.1, -0.05) is 43.0 Å². The van der Waals surface area contributed by atoms with Crippen LogP contribution in [0.5, 0.6) is 0 Å².